The van der Waals surface area contributed by atoms with E-state index in [1.165, 1.54) is 24.3 Å². The molecule has 0 fully saturated rings. The number of carbonyl (C=O) groups excluding carboxylic acids is 2. The first-order valence-corrected chi connectivity index (χ1v) is 7.41. The summed E-state index contributed by atoms with van der Waals surface area (Å²) in [5.74, 6) is -1.46. The Morgan fingerprint density at radius 2 is 1.58 bits per heavy atom. The van der Waals surface area contributed by atoms with Gasteiger partial charge in [-0.1, -0.05) is 18.2 Å². The second-order valence-electron chi connectivity index (χ2n) is 3.53. The molecular weight excluding hydrogens is 296 g/mol. The average Bonchev–Trinajstić information content (AvgIpc) is 2.25. The molecule has 0 saturated carbocycles. The number of halogens is 1. The summed E-state index contributed by atoms with van der Waals surface area (Å²) >= 11 is 0. The van der Waals surface area contributed by atoms with Crippen LogP contribution in [-0.2, 0) is 28.1 Å². The fraction of sp³-hybridized carbons (Fsp3) is 0.273. The van der Waals surface area contributed by atoms with Crippen LogP contribution in [0.25, 0.3) is 0 Å². The summed E-state index contributed by atoms with van der Waals surface area (Å²) in [5.41, 5.74) is -0.0251. The minimum atomic E-state index is -4.06. The molecule has 0 atom stereocenters. The molecule has 0 saturated heterocycles. The van der Waals surface area contributed by atoms with E-state index in [0.29, 0.717) is 0 Å². The molecule has 0 spiro atoms. The number of rotatable bonds is 4. The van der Waals surface area contributed by atoms with E-state index in [-0.39, 0.29) is 10.5 Å². The van der Waals surface area contributed by atoms with Crippen molar-refractivity contribution in [2.24, 2.45) is 0 Å². The maximum atomic E-state index is 11.4. The predicted octanol–water partition coefficient (Wildman–Crippen LogP) is 1.74. The molecule has 0 bridgehead atoms. The second-order valence-corrected chi connectivity index (χ2v) is 6.06. The van der Waals surface area contributed by atoms with Crippen molar-refractivity contribution in [2.45, 2.75) is 25.0 Å². The summed E-state index contributed by atoms with van der Waals surface area (Å²) < 4.78 is 32.4. The zero-order chi connectivity index (χ0) is 14.6. The first-order chi connectivity index (χ1) is 8.71. The van der Waals surface area contributed by atoms with E-state index in [9.17, 15) is 18.0 Å². The van der Waals surface area contributed by atoms with Crippen LogP contribution in [0, 0.1) is 0 Å². The Balaban J connectivity index is 3.29. The largest absolute Gasteiger partial charge is 0.421 e. The van der Waals surface area contributed by atoms with E-state index >= 15 is 0 Å². The van der Waals surface area contributed by atoms with E-state index in [1.807, 2.05) is 0 Å². The average molecular weight is 307 g/mol. The van der Waals surface area contributed by atoms with Crippen molar-refractivity contribution >= 4 is 31.7 Å². The monoisotopic (exact) mass is 306 g/mol. The summed E-state index contributed by atoms with van der Waals surface area (Å²) in [4.78, 5) is 21.7. The molecule has 1 rings (SSSR count). The van der Waals surface area contributed by atoms with E-state index in [4.69, 9.17) is 20.2 Å². The quantitative estimate of drug-likeness (QED) is 0.478. The van der Waals surface area contributed by atoms with Gasteiger partial charge in [-0.3, -0.25) is 9.59 Å². The fourth-order valence-electron chi connectivity index (χ4n) is 1.35. The van der Waals surface area contributed by atoms with Gasteiger partial charge in [-0.15, -0.1) is 0 Å². The molecule has 0 radical (unpaired) electrons. The molecule has 104 valence electrons. The zero-order valence-electron chi connectivity index (χ0n) is 10.1. The molecule has 0 unspecified atom stereocenters. The highest BCUT2D eigenvalue weighted by atomic mass is 35.7. The molecule has 0 amide bonds. The highest BCUT2D eigenvalue weighted by molar-refractivity contribution is 8.13. The fourth-order valence-corrected chi connectivity index (χ4v) is 2.46. The van der Waals surface area contributed by atoms with Crippen molar-refractivity contribution in [1.29, 1.82) is 0 Å². The van der Waals surface area contributed by atoms with Crippen LogP contribution in [0.1, 0.15) is 25.7 Å². The molecule has 0 aromatic heterocycles. The van der Waals surface area contributed by atoms with Crippen LogP contribution in [0.5, 0.6) is 0 Å². The van der Waals surface area contributed by atoms with Crippen LogP contribution in [0.15, 0.2) is 29.2 Å². The third-order valence-electron chi connectivity index (χ3n) is 1.98. The molecule has 8 heteroatoms. The molecule has 19 heavy (non-hydrogen) atoms. The Morgan fingerprint density at radius 1 is 1.11 bits per heavy atom. The Labute approximate surface area is 114 Å². The van der Waals surface area contributed by atoms with E-state index in [2.05, 4.69) is 0 Å². The predicted molar refractivity (Wildman–Crippen MR) is 65.8 cm³/mol. The summed E-state index contributed by atoms with van der Waals surface area (Å²) in [6.45, 7) is 2.21. The molecule has 1 aromatic carbocycles. The van der Waals surface area contributed by atoms with Crippen LogP contribution < -0.4 is 0 Å². The number of hydrogen-bond acceptors (Lipinski definition) is 6. The maximum Gasteiger partial charge on any atom is 0.305 e. The smallest absolute Gasteiger partial charge is 0.305 e. The van der Waals surface area contributed by atoms with E-state index < -0.39 is 27.3 Å². The highest BCUT2D eigenvalue weighted by Gasteiger charge is 2.26. The molecule has 0 aliphatic carbocycles. The van der Waals surface area contributed by atoms with Crippen molar-refractivity contribution in [3.63, 3.8) is 0 Å². The second kappa shape index (κ2) is 6.03. The van der Waals surface area contributed by atoms with Gasteiger partial charge in [0.2, 0.25) is 0 Å². The molecule has 0 aliphatic heterocycles. The van der Waals surface area contributed by atoms with Gasteiger partial charge in [-0.05, 0) is 6.07 Å². The lowest BCUT2D eigenvalue weighted by molar-refractivity contribution is -0.187. The van der Waals surface area contributed by atoms with Gasteiger partial charge >= 0.3 is 11.9 Å². The van der Waals surface area contributed by atoms with Crippen molar-refractivity contribution in [2.75, 3.05) is 0 Å². The Morgan fingerprint density at radius 3 is 2.00 bits per heavy atom. The lowest BCUT2D eigenvalue weighted by Gasteiger charge is -2.18. The van der Waals surface area contributed by atoms with Gasteiger partial charge in [0.25, 0.3) is 15.3 Å². The van der Waals surface area contributed by atoms with Crippen LogP contribution in [0.2, 0.25) is 0 Å². The number of esters is 2. The van der Waals surface area contributed by atoms with Gasteiger partial charge in [0, 0.05) is 24.5 Å². The summed E-state index contributed by atoms with van der Waals surface area (Å²) in [7, 11) is 1.21. The Kier molecular flexibility index (Phi) is 4.90. The Bertz CT molecular complexity index is 579. The van der Waals surface area contributed by atoms with Gasteiger partial charge < -0.3 is 9.47 Å². The van der Waals surface area contributed by atoms with Crippen LogP contribution in [0.3, 0.4) is 0 Å². The van der Waals surface area contributed by atoms with E-state index in [1.54, 1.807) is 0 Å². The van der Waals surface area contributed by atoms with Gasteiger partial charge in [0.1, 0.15) is 0 Å². The first-order valence-electron chi connectivity index (χ1n) is 5.10. The highest BCUT2D eigenvalue weighted by Crippen LogP contribution is 2.28. The number of hydrogen-bond donors (Lipinski definition) is 0. The third kappa shape index (κ3) is 4.53. The van der Waals surface area contributed by atoms with Gasteiger partial charge in [0.15, 0.2) is 0 Å². The van der Waals surface area contributed by atoms with Crippen molar-refractivity contribution < 1.29 is 27.5 Å². The first kappa shape index (κ1) is 15.5. The zero-order valence-corrected chi connectivity index (χ0v) is 11.7. The third-order valence-corrected chi connectivity index (χ3v) is 3.38. The lowest BCUT2D eigenvalue weighted by atomic mass is 10.2. The lowest BCUT2D eigenvalue weighted by Crippen LogP contribution is -2.17. The topological polar surface area (TPSA) is 86.7 Å². The van der Waals surface area contributed by atoms with Crippen molar-refractivity contribution in [3.8, 4) is 0 Å². The van der Waals surface area contributed by atoms with Crippen LogP contribution >= 0.6 is 10.7 Å². The van der Waals surface area contributed by atoms with Gasteiger partial charge in [0.05, 0.1) is 10.5 Å². The number of carbonyl (C=O) groups is 2. The molecule has 6 nitrogen and oxygen atoms in total. The summed E-state index contributed by atoms with van der Waals surface area (Å²) in [5, 5.41) is 0. The van der Waals surface area contributed by atoms with Gasteiger partial charge in [-0.25, -0.2) is 8.42 Å². The van der Waals surface area contributed by atoms with Crippen molar-refractivity contribution in [1.82, 2.24) is 0 Å². The standard InChI is InChI=1S/C11H11ClO6S/c1-7(13)17-11(18-8(2)14)9-5-3-4-6-10(9)19(12,15)16/h3-6,11H,1-2H3. The molecule has 0 heterocycles. The molecular formula is C11H11ClO6S. The molecule has 0 N–H and O–H groups in total. The van der Waals surface area contributed by atoms with Crippen LogP contribution in [-0.4, -0.2) is 20.4 Å². The van der Waals surface area contributed by atoms with Crippen molar-refractivity contribution in [3.05, 3.63) is 29.8 Å². The van der Waals surface area contributed by atoms with Crippen LogP contribution in [0.4, 0.5) is 0 Å². The SMILES string of the molecule is CC(=O)OC(OC(C)=O)c1ccccc1S(=O)(=O)Cl. The summed E-state index contributed by atoms with van der Waals surface area (Å²) in [6.07, 6.45) is -1.46. The molecule has 0 aliphatic rings. The number of benzene rings is 1. The minimum absolute atomic E-state index is 0.0251. The Hall–Kier alpha value is -1.60. The normalized spacial score (nSPS) is 11.2. The summed E-state index contributed by atoms with van der Waals surface area (Å²) in [6, 6.07) is 5.50. The molecule has 1 aromatic rings. The van der Waals surface area contributed by atoms with E-state index in [0.717, 1.165) is 13.8 Å². The minimum Gasteiger partial charge on any atom is -0.421 e. The van der Waals surface area contributed by atoms with Gasteiger partial charge in [-0.2, -0.15) is 0 Å². The number of ether oxygens (including phenoxy) is 2. The maximum absolute atomic E-state index is 11.4.